The smallest absolute Gasteiger partial charge is 0.236 e. The lowest BCUT2D eigenvalue weighted by Gasteiger charge is -2.28. The molecule has 24 heavy (non-hydrogen) atoms. The first kappa shape index (κ1) is 16.8. The van der Waals surface area contributed by atoms with Crippen molar-refractivity contribution < 1.29 is 9.21 Å². The van der Waals surface area contributed by atoms with Crippen LogP contribution in [0.15, 0.2) is 34.7 Å². The summed E-state index contributed by atoms with van der Waals surface area (Å²) in [5.74, 6) is 1.24. The average molecular weight is 328 g/mol. The molecular weight excluding hydrogens is 304 g/mol. The van der Waals surface area contributed by atoms with Crippen LogP contribution in [0.3, 0.4) is 0 Å². The van der Waals surface area contributed by atoms with Crippen LogP contribution in [0.4, 0.5) is 0 Å². The Balaban J connectivity index is 1.61. The fraction of sp³-hybridized carbons (Fsp3) is 0.500. The molecule has 1 aliphatic rings. The van der Waals surface area contributed by atoms with E-state index < -0.39 is 5.54 Å². The maximum absolute atomic E-state index is 10.8. The van der Waals surface area contributed by atoms with Gasteiger partial charge in [0.05, 0.1) is 12.1 Å². The van der Waals surface area contributed by atoms with Gasteiger partial charge in [-0.3, -0.25) is 4.90 Å². The van der Waals surface area contributed by atoms with Crippen LogP contribution < -0.4 is 5.73 Å². The topological polar surface area (TPSA) is 85.2 Å². The summed E-state index contributed by atoms with van der Waals surface area (Å²) >= 11 is 0. The molecule has 2 aromatic rings. The van der Waals surface area contributed by atoms with Crippen molar-refractivity contribution in [1.29, 1.82) is 0 Å². The number of carbonyl (C=O) groups is 1. The summed E-state index contributed by atoms with van der Waals surface area (Å²) in [5.41, 5.74) is 6.84. The Bertz CT molecular complexity index is 661. The average Bonchev–Trinajstić information content (AvgIpc) is 3.06. The highest BCUT2D eigenvalue weighted by Crippen LogP contribution is 2.23. The van der Waals surface area contributed by atoms with Crippen LogP contribution >= 0.6 is 0 Å². The van der Waals surface area contributed by atoms with E-state index in [0.29, 0.717) is 24.7 Å². The number of piperidine rings is 1. The number of carbonyl (C=O) groups excluding carboxylic acids is 1. The maximum atomic E-state index is 10.8. The quantitative estimate of drug-likeness (QED) is 0.815. The normalized spacial score (nSPS) is 19.1. The van der Waals surface area contributed by atoms with Gasteiger partial charge in [-0.2, -0.15) is 0 Å². The van der Waals surface area contributed by atoms with Crippen molar-refractivity contribution in [3.05, 3.63) is 47.7 Å². The lowest BCUT2D eigenvalue weighted by atomic mass is 9.94. The Morgan fingerprint density at radius 3 is 2.67 bits per heavy atom. The van der Waals surface area contributed by atoms with Crippen molar-refractivity contribution in [3.63, 3.8) is 0 Å². The number of hydrogen-bond acceptors (Lipinski definition) is 6. The van der Waals surface area contributed by atoms with E-state index in [2.05, 4.69) is 15.1 Å². The second kappa shape index (κ2) is 7.23. The predicted octanol–water partition coefficient (Wildman–Crippen LogP) is 1.90. The largest absolute Gasteiger partial charge is 0.422 e. The summed E-state index contributed by atoms with van der Waals surface area (Å²) in [6, 6.07) is 10.1. The van der Waals surface area contributed by atoms with E-state index in [9.17, 15) is 4.79 Å². The number of aldehydes is 1. The molecular formula is C18H24N4O2. The zero-order chi connectivity index (χ0) is 17.0. The minimum Gasteiger partial charge on any atom is -0.422 e. The fourth-order valence-corrected chi connectivity index (χ4v) is 3.08. The molecule has 1 fully saturated rings. The Morgan fingerprint density at radius 1 is 1.29 bits per heavy atom. The zero-order valence-electron chi connectivity index (χ0n) is 14.0. The van der Waals surface area contributed by atoms with E-state index in [4.69, 9.17) is 10.2 Å². The number of rotatable bonds is 6. The first-order chi connectivity index (χ1) is 11.6. The Kier molecular flexibility index (Phi) is 5.06. The number of benzene rings is 1. The third kappa shape index (κ3) is 4.07. The third-order valence-electron chi connectivity index (χ3n) is 4.55. The van der Waals surface area contributed by atoms with Gasteiger partial charge in [0.25, 0.3) is 0 Å². The van der Waals surface area contributed by atoms with Gasteiger partial charge in [0.2, 0.25) is 11.8 Å². The van der Waals surface area contributed by atoms with Gasteiger partial charge in [0.1, 0.15) is 6.29 Å². The SMILES string of the molecule is C[C@@](N)(Cc1ccccc1)c1nnc(CN2CCC(C=O)CC2)o1. The van der Waals surface area contributed by atoms with E-state index in [1.54, 1.807) is 0 Å². The van der Waals surface area contributed by atoms with Gasteiger partial charge < -0.3 is 14.9 Å². The molecule has 0 amide bonds. The summed E-state index contributed by atoms with van der Waals surface area (Å²) < 4.78 is 5.82. The highest BCUT2D eigenvalue weighted by atomic mass is 16.4. The van der Waals surface area contributed by atoms with Crippen LogP contribution in [-0.4, -0.2) is 34.5 Å². The van der Waals surface area contributed by atoms with E-state index >= 15 is 0 Å². The first-order valence-corrected chi connectivity index (χ1v) is 8.40. The van der Waals surface area contributed by atoms with Crippen LogP contribution in [0.2, 0.25) is 0 Å². The molecule has 3 rings (SSSR count). The molecule has 0 spiro atoms. The Labute approximate surface area is 142 Å². The van der Waals surface area contributed by atoms with Crippen LogP contribution in [0, 0.1) is 5.92 Å². The Morgan fingerprint density at radius 2 is 2.00 bits per heavy atom. The molecule has 1 atom stereocenters. The molecule has 128 valence electrons. The van der Waals surface area contributed by atoms with E-state index in [1.165, 1.54) is 0 Å². The molecule has 2 N–H and O–H groups in total. The maximum Gasteiger partial charge on any atom is 0.236 e. The van der Waals surface area contributed by atoms with Gasteiger partial charge in [0.15, 0.2) is 0 Å². The number of nitrogens with two attached hydrogens (primary N) is 1. The summed E-state index contributed by atoms with van der Waals surface area (Å²) in [5, 5.41) is 8.31. The monoisotopic (exact) mass is 328 g/mol. The molecule has 0 saturated carbocycles. The number of likely N-dealkylation sites (tertiary alicyclic amines) is 1. The summed E-state index contributed by atoms with van der Waals surface area (Å²) in [6.45, 7) is 4.28. The van der Waals surface area contributed by atoms with Crippen molar-refractivity contribution in [2.75, 3.05) is 13.1 Å². The number of nitrogens with zero attached hydrogens (tertiary/aromatic N) is 3. The van der Waals surface area contributed by atoms with Gasteiger partial charge in [-0.25, -0.2) is 0 Å². The molecule has 0 bridgehead atoms. The second-order valence-electron chi connectivity index (χ2n) is 6.83. The van der Waals surface area contributed by atoms with Gasteiger partial charge in [-0.15, -0.1) is 10.2 Å². The highest BCUT2D eigenvalue weighted by Gasteiger charge is 2.29. The van der Waals surface area contributed by atoms with Gasteiger partial charge in [0, 0.05) is 5.92 Å². The zero-order valence-corrected chi connectivity index (χ0v) is 14.0. The number of aromatic nitrogens is 2. The van der Waals surface area contributed by atoms with Gasteiger partial charge in [-0.1, -0.05) is 30.3 Å². The molecule has 1 aromatic heterocycles. The van der Waals surface area contributed by atoms with Gasteiger partial charge >= 0.3 is 0 Å². The van der Waals surface area contributed by atoms with Gasteiger partial charge in [-0.05, 0) is 44.8 Å². The van der Waals surface area contributed by atoms with Crippen molar-refractivity contribution in [2.45, 2.75) is 38.3 Å². The molecule has 1 aromatic carbocycles. The van der Waals surface area contributed by atoms with Crippen molar-refractivity contribution in [1.82, 2.24) is 15.1 Å². The summed E-state index contributed by atoms with van der Waals surface area (Å²) in [4.78, 5) is 13.1. The molecule has 1 saturated heterocycles. The molecule has 2 heterocycles. The summed E-state index contributed by atoms with van der Waals surface area (Å²) in [7, 11) is 0. The first-order valence-electron chi connectivity index (χ1n) is 8.40. The molecule has 0 unspecified atom stereocenters. The lowest BCUT2D eigenvalue weighted by Crippen LogP contribution is -2.36. The molecule has 0 aliphatic carbocycles. The van der Waals surface area contributed by atoms with Crippen LogP contribution in [0.1, 0.15) is 37.1 Å². The molecule has 1 aliphatic heterocycles. The molecule has 0 radical (unpaired) electrons. The van der Waals surface area contributed by atoms with E-state index in [0.717, 1.165) is 37.8 Å². The number of hydrogen-bond donors (Lipinski definition) is 1. The van der Waals surface area contributed by atoms with Crippen LogP contribution in [0.25, 0.3) is 0 Å². The van der Waals surface area contributed by atoms with E-state index in [-0.39, 0.29) is 5.92 Å². The van der Waals surface area contributed by atoms with Crippen molar-refractivity contribution in [2.24, 2.45) is 11.7 Å². The minimum atomic E-state index is -0.697. The van der Waals surface area contributed by atoms with Crippen molar-refractivity contribution >= 4 is 6.29 Å². The minimum absolute atomic E-state index is 0.192. The highest BCUT2D eigenvalue weighted by molar-refractivity contribution is 5.53. The molecule has 6 heteroatoms. The Hall–Kier alpha value is -2.05. The van der Waals surface area contributed by atoms with Crippen molar-refractivity contribution in [3.8, 4) is 0 Å². The standard InChI is InChI=1S/C18H24N4O2/c1-18(19,11-14-5-3-2-4-6-14)17-21-20-16(24-17)12-22-9-7-15(13-23)8-10-22/h2-6,13,15H,7-12,19H2,1H3/t18-/m1/s1. The van der Waals surface area contributed by atoms with Crippen LogP contribution in [0.5, 0.6) is 0 Å². The second-order valence-corrected chi connectivity index (χ2v) is 6.83. The summed E-state index contributed by atoms with van der Waals surface area (Å²) in [6.07, 6.45) is 3.49. The van der Waals surface area contributed by atoms with Crippen LogP contribution in [-0.2, 0) is 23.3 Å². The lowest BCUT2D eigenvalue weighted by molar-refractivity contribution is -0.112. The fourth-order valence-electron chi connectivity index (χ4n) is 3.08. The van der Waals surface area contributed by atoms with E-state index in [1.807, 2.05) is 37.3 Å². The predicted molar refractivity (Wildman–Crippen MR) is 90.0 cm³/mol. The molecule has 6 nitrogen and oxygen atoms in total. The third-order valence-corrected chi connectivity index (χ3v) is 4.55.